The third kappa shape index (κ3) is 5.76. The van der Waals surface area contributed by atoms with Gasteiger partial charge in [0.25, 0.3) is 0 Å². The van der Waals surface area contributed by atoms with Crippen molar-refractivity contribution in [2.45, 2.75) is 32.6 Å². The summed E-state index contributed by atoms with van der Waals surface area (Å²) < 4.78 is 0. The molecular formula is C17H35N5. The first-order valence-corrected chi connectivity index (χ1v) is 9.05. The number of guanidine groups is 1. The summed E-state index contributed by atoms with van der Waals surface area (Å²) in [6.45, 7) is 11.8. The van der Waals surface area contributed by atoms with Crippen LogP contribution in [-0.2, 0) is 0 Å². The number of nitrogens with zero attached hydrogens (tertiary/aromatic N) is 4. The molecule has 0 aromatic heterocycles. The Morgan fingerprint density at radius 2 is 2.00 bits per heavy atom. The van der Waals surface area contributed by atoms with Crippen LogP contribution >= 0.6 is 0 Å². The summed E-state index contributed by atoms with van der Waals surface area (Å²) in [7, 11) is 4.14. The average Bonchev–Trinajstić information content (AvgIpc) is 2.72. The maximum atomic E-state index is 4.47. The molecule has 0 aliphatic carbocycles. The second-order valence-electron chi connectivity index (χ2n) is 7.02. The molecule has 2 saturated heterocycles. The van der Waals surface area contributed by atoms with Crippen LogP contribution in [0.2, 0.25) is 0 Å². The van der Waals surface area contributed by atoms with Crippen LogP contribution in [0.1, 0.15) is 32.6 Å². The maximum absolute atomic E-state index is 4.47. The lowest BCUT2D eigenvalue weighted by Gasteiger charge is -2.33. The van der Waals surface area contributed by atoms with Crippen molar-refractivity contribution in [3.8, 4) is 0 Å². The van der Waals surface area contributed by atoms with Crippen molar-refractivity contribution in [1.29, 1.82) is 0 Å². The average molecular weight is 310 g/mol. The van der Waals surface area contributed by atoms with Crippen molar-refractivity contribution < 1.29 is 0 Å². The van der Waals surface area contributed by atoms with E-state index in [-0.39, 0.29) is 0 Å². The minimum atomic E-state index is 0.793. The summed E-state index contributed by atoms with van der Waals surface area (Å²) in [4.78, 5) is 11.9. The number of likely N-dealkylation sites (tertiary alicyclic amines) is 1. The molecule has 0 radical (unpaired) electrons. The lowest BCUT2D eigenvalue weighted by atomic mass is 10.0. The Morgan fingerprint density at radius 1 is 1.14 bits per heavy atom. The number of rotatable bonds is 4. The van der Waals surface area contributed by atoms with Crippen molar-refractivity contribution in [2.75, 3.05) is 66.5 Å². The lowest BCUT2D eigenvalue weighted by molar-refractivity contribution is 0.261. The molecule has 0 aromatic rings. The van der Waals surface area contributed by atoms with Gasteiger partial charge in [-0.25, -0.2) is 0 Å². The van der Waals surface area contributed by atoms with E-state index in [0.717, 1.165) is 31.5 Å². The summed E-state index contributed by atoms with van der Waals surface area (Å²) in [6.07, 6.45) is 5.16. The molecule has 0 amide bonds. The highest BCUT2D eigenvalue weighted by Crippen LogP contribution is 2.15. The Kier molecular flexibility index (Phi) is 7.46. The molecule has 5 nitrogen and oxygen atoms in total. The van der Waals surface area contributed by atoms with Gasteiger partial charge >= 0.3 is 0 Å². The molecule has 2 heterocycles. The highest BCUT2D eigenvalue weighted by atomic mass is 15.3. The van der Waals surface area contributed by atoms with Gasteiger partial charge in [0.15, 0.2) is 5.96 Å². The first kappa shape index (κ1) is 17.5. The number of hydrogen-bond donors (Lipinski definition) is 1. The van der Waals surface area contributed by atoms with Crippen molar-refractivity contribution in [3.05, 3.63) is 0 Å². The first-order chi connectivity index (χ1) is 10.7. The third-order valence-corrected chi connectivity index (χ3v) is 4.91. The number of likely N-dealkylation sites (N-methyl/N-ethyl adjacent to an activating group) is 1. The highest BCUT2D eigenvalue weighted by Gasteiger charge is 2.19. The van der Waals surface area contributed by atoms with Crippen LogP contribution in [0.4, 0.5) is 0 Å². The van der Waals surface area contributed by atoms with Gasteiger partial charge in [0.1, 0.15) is 0 Å². The summed E-state index contributed by atoms with van der Waals surface area (Å²) >= 11 is 0. The van der Waals surface area contributed by atoms with E-state index in [9.17, 15) is 0 Å². The molecule has 2 aliphatic heterocycles. The fraction of sp³-hybridized carbons (Fsp3) is 0.941. The van der Waals surface area contributed by atoms with Gasteiger partial charge in [0.05, 0.1) is 0 Å². The van der Waals surface area contributed by atoms with Crippen molar-refractivity contribution in [2.24, 2.45) is 10.9 Å². The Bertz CT molecular complexity index is 344. The highest BCUT2D eigenvalue weighted by molar-refractivity contribution is 5.79. The molecule has 0 saturated carbocycles. The van der Waals surface area contributed by atoms with Crippen LogP contribution in [0.25, 0.3) is 0 Å². The molecule has 5 heteroatoms. The number of piperidine rings is 1. The predicted octanol–water partition coefficient (Wildman–Crippen LogP) is 1.32. The Morgan fingerprint density at radius 3 is 2.77 bits per heavy atom. The monoisotopic (exact) mass is 309 g/mol. The van der Waals surface area contributed by atoms with E-state index < -0.39 is 0 Å². The van der Waals surface area contributed by atoms with Crippen LogP contribution in [0.5, 0.6) is 0 Å². The third-order valence-electron chi connectivity index (χ3n) is 4.91. The first-order valence-electron chi connectivity index (χ1n) is 9.05. The van der Waals surface area contributed by atoms with Crippen LogP contribution in [-0.4, -0.2) is 87.1 Å². The van der Waals surface area contributed by atoms with E-state index in [2.05, 4.69) is 39.0 Å². The molecule has 1 atom stereocenters. The Hall–Kier alpha value is -0.810. The molecule has 2 rings (SSSR count). The summed E-state index contributed by atoms with van der Waals surface area (Å²) in [6, 6.07) is 0. The second kappa shape index (κ2) is 9.36. The molecule has 2 fully saturated rings. The SMILES string of the molecule is CN=C(NCCCN1CCCN(C)CC1)N1CCCC(C)C1. The zero-order chi connectivity index (χ0) is 15.8. The van der Waals surface area contributed by atoms with Gasteiger partial charge in [-0.05, 0) is 58.3 Å². The van der Waals surface area contributed by atoms with Gasteiger partial charge in [0, 0.05) is 39.8 Å². The second-order valence-corrected chi connectivity index (χ2v) is 7.02. The van der Waals surface area contributed by atoms with Crippen LogP contribution < -0.4 is 5.32 Å². The van der Waals surface area contributed by atoms with Gasteiger partial charge in [-0.15, -0.1) is 0 Å². The molecule has 1 N–H and O–H groups in total. The number of aliphatic imine (C=N–C) groups is 1. The van der Waals surface area contributed by atoms with Crippen LogP contribution in [0, 0.1) is 5.92 Å². The topological polar surface area (TPSA) is 34.1 Å². The normalized spacial score (nSPS) is 26.0. The zero-order valence-electron chi connectivity index (χ0n) is 14.9. The fourth-order valence-corrected chi connectivity index (χ4v) is 3.54. The van der Waals surface area contributed by atoms with Gasteiger partial charge < -0.3 is 20.0 Å². The predicted molar refractivity (Wildman–Crippen MR) is 94.5 cm³/mol. The standard InChI is InChI=1S/C17H35N5/c1-16-7-4-12-22(15-16)17(18-2)19-8-5-10-21-11-6-9-20(3)13-14-21/h16H,4-15H2,1-3H3,(H,18,19). The van der Waals surface area contributed by atoms with E-state index in [4.69, 9.17) is 0 Å². The van der Waals surface area contributed by atoms with E-state index in [1.165, 1.54) is 58.4 Å². The molecular weight excluding hydrogens is 274 g/mol. The van der Waals surface area contributed by atoms with E-state index in [0.29, 0.717) is 0 Å². The van der Waals surface area contributed by atoms with Crippen LogP contribution in [0.15, 0.2) is 4.99 Å². The largest absolute Gasteiger partial charge is 0.356 e. The minimum absolute atomic E-state index is 0.793. The van der Waals surface area contributed by atoms with Crippen molar-refractivity contribution in [1.82, 2.24) is 20.0 Å². The molecule has 1 unspecified atom stereocenters. The quantitative estimate of drug-likeness (QED) is 0.482. The number of nitrogens with one attached hydrogen (secondary N) is 1. The fourth-order valence-electron chi connectivity index (χ4n) is 3.54. The van der Waals surface area contributed by atoms with Gasteiger partial charge in [-0.2, -0.15) is 0 Å². The van der Waals surface area contributed by atoms with Gasteiger partial charge in [0.2, 0.25) is 0 Å². The zero-order valence-corrected chi connectivity index (χ0v) is 14.9. The van der Waals surface area contributed by atoms with E-state index in [1.807, 2.05) is 7.05 Å². The van der Waals surface area contributed by atoms with E-state index in [1.54, 1.807) is 0 Å². The molecule has 22 heavy (non-hydrogen) atoms. The van der Waals surface area contributed by atoms with Gasteiger partial charge in [-0.3, -0.25) is 4.99 Å². The molecule has 128 valence electrons. The van der Waals surface area contributed by atoms with Gasteiger partial charge in [-0.1, -0.05) is 6.92 Å². The number of hydrogen-bond acceptors (Lipinski definition) is 3. The molecule has 0 spiro atoms. The maximum Gasteiger partial charge on any atom is 0.193 e. The molecule has 0 bridgehead atoms. The lowest BCUT2D eigenvalue weighted by Crippen LogP contribution is -2.46. The van der Waals surface area contributed by atoms with Crippen LogP contribution in [0.3, 0.4) is 0 Å². The smallest absolute Gasteiger partial charge is 0.193 e. The van der Waals surface area contributed by atoms with Crippen molar-refractivity contribution >= 4 is 5.96 Å². The summed E-state index contributed by atoms with van der Waals surface area (Å²) in [5.74, 6) is 1.89. The summed E-state index contributed by atoms with van der Waals surface area (Å²) in [5.41, 5.74) is 0. The Balaban J connectivity index is 1.64. The molecule has 2 aliphatic rings. The van der Waals surface area contributed by atoms with Crippen molar-refractivity contribution in [3.63, 3.8) is 0 Å². The minimum Gasteiger partial charge on any atom is -0.356 e. The molecule has 0 aromatic carbocycles. The summed E-state index contributed by atoms with van der Waals surface area (Å²) in [5, 5.41) is 3.56. The Labute approximate surface area is 136 Å². The van der Waals surface area contributed by atoms with E-state index >= 15 is 0 Å².